The van der Waals surface area contributed by atoms with Gasteiger partial charge in [-0.25, -0.2) is 13.2 Å². The Bertz CT molecular complexity index is 368. The molecule has 7 heteroatoms. The van der Waals surface area contributed by atoms with E-state index in [1.165, 1.54) is 0 Å². The van der Waals surface area contributed by atoms with Gasteiger partial charge in [0.2, 0.25) is 0 Å². The fraction of sp³-hybridized carbons (Fsp3) is 0.909. The third kappa shape index (κ3) is 5.32. The monoisotopic (exact) mass is 279 g/mol. The van der Waals surface area contributed by atoms with Crippen LogP contribution < -0.4 is 0 Å². The summed E-state index contributed by atoms with van der Waals surface area (Å²) in [5.74, 6) is 0.121. The second-order valence-electron chi connectivity index (χ2n) is 4.40. The van der Waals surface area contributed by atoms with Crippen LogP contribution in [0.4, 0.5) is 0 Å². The summed E-state index contributed by atoms with van der Waals surface area (Å²) in [5, 5.41) is 0. The smallest absolute Gasteiger partial charge is 0.332 e. The molecular weight excluding hydrogens is 258 g/mol. The third-order valence-electron chi connectivity index (χ3n) is 2.95. The lowest BCUT2D eigenvalue weighted by molar-refractivity contribution is -0.148. The molecule has 1 aliphatic rings. The lowest BCUT2D eigenvalue weighted by Crippen LogP contribution is -2.35. The second kappa shape index (κ2) is 7.06. The van der Waals surface area contributed by atoms with E-state index in [-0.39, 0.29) is 30.1 Å². The molecule has 0 N–H and O–H groups in total. The minimum atomic E-state index is -2.85. The number of likely N-dealkylation sites (N-methyl/N-ethyl adjacent to an activating group) is 1. The van der Waals surface area contributed by atoms with Crippen molar-refractivity contribution in [2.75, 3.05) is 44.9 Å². The zero-order chi connectivity index (χ0) is 13.6. The Labute approximate surface area is 108 Å². The molecule has 1 aliphatic heterocycles. The van der Waals surface area contributed by atoms with Crippen molar-refractivity contribution in [3.05, 3.63) is 0 Å². The van der Waals surface area contributed by atoms with Gasteiger partial charge in [-0.3, -0.25) is 0 Å². The highest BCUT2D eigenvalue weighted by atomic mass is 32.2. The molecule has 0 saturated carbocycles. The Morgan fingerprint density at radius 1 is 1.44 bits per heavy atom. The Balaban J connectivity index is 2.14. The summed E-state index contributed by atoms with van der Waals surface area (Å²) in [7, 11) is -0.974. The first-order valence-electron chi connectivity index (χ1n) is 6.08. The van der Waals surface area contributed by atoms with Crippen LogP contribution in [0.2, 0.25) is 0 Å². The van der Waals surface area contributed by atoms with Gasteiger partial charge in [-0.05, 0) is 20.4 Å². The van der Waals surface area contributed by atoms with Crippen molar-refractivity contribution in [2.24, 2.45) is 0 Å². The highest BCUT2D eigenvalue weighted by Gasteiger charge is 2.30. The topological polar surface area (TPSA) is 72.9 Å². The maximum absolute atomic E-state index is 11.3. The van der Waals surface area contributed by atoms with Gasteiger partial charge in [0.05, 0.1) is 24.7 Å². The fourth-order valence-corrected chi connectivity index (χ4v) is 3.68. The number of rotatable bonds is 7. The molecule has 0 aromatic carbocycles. The van der Waals surface area contributed by atoms with Crippen LogP contribution in [0.3, 0.4) is 0 Å². The van der Waals surface area contributed by atoms with E-state index in [1.54, 1.807) is 6.92 Å². The summed E-state index contributed by atoms with van der Waals surface area (Å²) in [5.41, 5.74) is 0. The molecule has 0 aromatic rings. The van der Waals surface area contributed by atoms with Gasteiger partial charge < -0.3 is 14.4 Å². The number of sulfone groups is 1. The maximum atomic E-state index is 11.3. The molecule has 1 heterocycles. The van der Waals surface area contributed by atoms with Crippen LogP contribution in [0.1, 0.15) is 13.3 Å². The molecule has 1 rings (SSSR count). The van der Waals surface area contributed by atoms with Gasteiger partial charge in [0.25, 0.3) is 0 Å². The predicted octanol–water partition coefficient (Wildman–Crippen LogP) is -0.315. The first-order valence-corrected chi connectivity index (χ1v) is 7.91. The quantitative estimate of drug-likeness (QED) is 0.470. The second-order valence-corrected chi connectivity index (χ2v) is 6.62. The molecule has 1 fully saturated rings. The number of carbonyl (C=O) groups excluding carboxylic acids is 1. The summed E-state index contributed by atoms with van der Waals surface area (Å²) in [6.07, 6.45) is 0.677. The van der Waals surface area contributed by atoms with Crippen molar-refractivity contribution in [2.45, 2.75) is 19.4 Å². The average Bonchev–Trinajstić information content (AvgIpc) is 2.65. The Kier molecular flexibility index (Phi) is 6.04. The summed E-state index contributed by atoms with van der Waals surface area (Å²) in [6.45, 7) is 3.05. The number of nitrogens with zero attached hydrogens (tertiary/aromatic N) is 1. The lowest BCUT2D eigenvalue weighted by Gasteiger charge is -2.22. The van der Waals surface area contributed by atoms with Gasteiger partial charge in [0.15, 0.2) is 9.84 Å². The molecular formula is C11H21NO5S. The van der Waals surface area contributed by atoms with E-state index in [4.69, 9.17) is 9.47 Å². The maximum Gasteiger partial charge on any atom is 0.332 e. The molecule has 0 aromatic heterocycles. The predicted molar refractivity (Wildman–Crippen MR) is 67.1 cm³/mol. The van der Waals surface area contributed by atoms with E-state index in [1.807, 2.05) is 11.9 Å². The molecule has 6 nitrogen and oxygen atoms in total. The highest BCUT2D eigenvalue weighted by molar-refractivity contribution is 7.91. The van der Waals surface area contributed by atoms with Crippen molar-refractivity contribution >= 4 is 15.8 Å². The van der Waals surface area contributed by atoms with Gasteiger partial charge >= 0.3 is 5.97 Å². The van der Waals surface area contributed by atoms with Crippen LogP contribution in [0.15, 0.2) is 0 Å². The van der Waals surface area contributed by atoms with Gasteiger partial charge in [-0.2, -0.15) is 0 Å². The third-order valence-corrected chi connectivity index (χ3v) is 4.70. The minimum absolute atomic E-state index is 0.0509. The van der Waals surface area contributed by atoms with Crippen LogP contribution in [0, 0.1) is 0 Å². The first kappa shape index (κ1) is 15.4. The van der Waals surface area contributed by atoms with Crippen LogP contribution in [-0.4, -0.2) is 70.2 Å². The molecule has 0 radical (unpaired) electrons. The van der Waals surface area contributed by atoms with E-state index >= 15 is 0 Å². The molecule has 0 spiro atoms. The standard InChI is InChI=1S/C11H21NO5S/c1-3-17-11(13)8-16-6-5-12(2)10-4-7-18(14,15)9-10/h10H,3-9H2,1-2H3. The van der Waals surface area contributed by atoms with Gasteiger partial charge in [0.1, 0.15) is 6.61 Å². The van der Waals surface area contributed by atoms with Crippen LogP contribution in [0.25, 0.3) is 0 Å². The van der Waals surface area contributed by atoms with Gasteiger partial charge in [-0.1, -0.05) is 0 Å². The Hall–Kier alpha value is -0.660. The van der Waals surface area contributed by atoms with Crippen molar-refractivity contribution in [1.82, 2.24) is 4.90 Å². The average molecular weight is 279 g/mol. The number of carbonyl (C=O) groups is 1. The Morgan fingerprint density at radius 3 is 2.72 bits per heavy atom. The van der Waals surface area contributed by atoms with Crippen molar-refractivity contribution in [1.29, 1.82) is 0 Å². The van der Waals surface area contributed by atoms with E-state index in [2.05, 4.69) is 0 Å². The largest absolute Gasteiger partial charge is 0.464 e. The number of esters is 1. The Morgan fingerprint density at radius 2 is 2.17 bits per heavy atom. The molecule has 0 amide bonds. The molecule has 1 saturated heterocycles. The number of hydrogen-bond acceptors (Lipinski definition) is 6. The van der Waals surface area contributed by atoms with Crippen LogP contribution in [0.5, 0.6) is 0 Å². The van der Waals surface area contributed by atoms with Crippen LogP contribution in [-0.2, 0) is 24.1 Å². The van der Waals surface area contributed by atoms with E-state index in [0.717, 1.165) is 0 Å². The zero-order valence-electron chi connectivity index (χ0n) is 10.9. The normalized spacial score (nSPS) is 22.3. The molecule has 0 bridgehead atoms. The number of ether oxygens (including phenoxy) is 2. The van der Waals surface area contributed by atoms with Crippen molar-refractivity contribution in [3.63, 3.8) is 0 Å². The first-order chi connectivity index (χ1) is 8.44. The number of hydrogen-bond donors (Lipinski definition) is 0. The van der Waals surface area contributed by atoms with E-state index < -0.39 is 9.84 Å². The van der Waals surface area contributed by atoms with E-state index in [9.17, 15) is 13.2 Å². The fourth-order valence-electron chi connectivity index (χ4n) is 1.87. The van der Waals surface area contributed by atoms with Gasteiger partial charge in [-0.15, -0.1) is 0 Å². The molecule has 106 valence electrons. The summed E-state index contributed by atoms with van der Waals surface area (Å²) >= 11 is 0. The lowest BCUT2D eigenvalue weighted by atomic mass is 10.2. The van der Waals surface area contributed by atoms with Crippen LogP contribution >= 0.6 is 0 Å². The molecule has 1 unspecified atom stereocenters. The zero-order valence-corrected chi connectivity index (χ0v) is 11.7. The summed E-state index contributed by atoms with van der Waals surface area (Å²) in [6, 6.07) is 0.0705. The SMILES string of the molecule is CCOC(=O)COCCN(C)C1CCS(=O)(=O)C1. The summed E-state index contributed by atoms with van der Waals surface area (Å²) in [4.78, 5) is 13.0. The minimum Gasteiger partial charge on any atom is -0.464 e. The van der Waals surface area contributed by atoms with Gasteiger partial charge in [0, 0.05) is 12.6 Å². The molecule has 1 atom stereocenters. The van der Waals surface area contributed by atoms with Crippen molar-refractivity contribution in [3.8, 4) is 0 Å². The highest BCUT2D eigenvalue weighted by Crippen LogP contribution is 2.15. The molecule has 0 aliphatic carbocycles. The summed E-state index contributed by atoms with van der Waals surface area (Å²) < 4.78 is 32.5. The van der Waals surface area contributed by atoms with Crippen molar-refractivity contribution < 1.29 is 22.7 Å². The molecule has 18 heavy (non-hydrogen) atoms. The van der Waals surface area contributed by atoms with E-state index in [0.29, 0.717) is 26.2 Å².